The molecule has 0 radical (unpaired) electrons. The van der Waals surface area contributed by atoms with Gasteiger partial charge in [-0.05, 0) is 51.7 Å². The minimum absolute atomic E-state index is 0.431. The van der Waals surface area contributed by atoms with Crippen LogP contribution in [0.25, 0.3) is 0 Å². The molecule has 0 aliphatic carbocycles. The van der Waals surface area contributed by atoms with Crippen molar-refractivity contribution in [3.8, 4) is 0 Å². The maximum atomic E-state index is 4.80. The van der Waals surface area contributed by atoms with Crippen molar-refractivity contribution in [2.45, 2.75) is 52.1 Å². The normalized spacial score (nSPS) is 17.6. The largest absolute Gasteiger partial charge is 0.369 e. The molecule has 0 bridgehead atoms. The summed E-state index contributed by atoms with van der Waals surface area (Å²) in [5.41, 5.74) is 1.31. The van der Waals surface area contributed by atoms with Gasteiger partial charge in [-0.2, -0.15) is 0 Å². The molecule has 1 unspecified atom stereocenters. The number of nitrogens with zero attached hydrogens (tertiary/aromatic N) is 4. The number of benzene rings is 1. The fourth-order valence-electron chi connectivity index (χ4n) is 3.71. The number of unbranched alkanes of at least 4 members (excludes halogenated alkanes) is 1. The van der Waals surface area contributed by atoms with Crippen LogP contribution < -0.4 is 15.5 Å². The monoisotopic (exact) mass is 382 g/mol. The van der Waals surface area contributed by atoms with Gasteiger partial charge in [-0.25, -0.2) is 4.98 Å². The van der Waals surface area contributed by atoms with Crippen LogP contribution in [0.3, 0.4) is 0 Å². The van der Waals surface area contributed by atoms with Crippen molar-refractivity contribution in [3.05, 3.63) is 48.5 Å². The molecule has 1 aromatic carbocycles. The van der Waals surface area contributed by atoms with Crippen molar-refractivity contribution in [2.24, 2.45) is 4.99 Å². The van der Waals surface area contributed by atoms with Crippen LogP contribution in [-0.4, -0.2) is 47.7 Å². The number of anilines is 1. The first-order valence-corrected chi connectivity index (χ1v) is 10.6. The first-order chi connectivity index (χ1) is 13.8. The van der Waals surface area contributed by atoms with Crippen LogP contribution in [0.1, 0.15) is 38.4 Å². The molecule has 1 atom stereocenters. The Morgan fingerprint density at radius 2 is 2.11 bits per heavy atom. The van der Waals surface area contributed by atoms with Crippen molar-refractivity contribution in [1.82, 2.24) is 20.2 Å². The Morgan fingerprint density at radius 3 is 2.86 bits per heavy atom. The number of piperidine rings is 1. The highest BCUT2D eigenvalue weighted by atomic mass is 15.2. The molecule has 1 aliphatic rings. The fraction of sp³-hybridized carbons (Fsp3) is 0.545. The van der Waals surface area contributed by atoms with Crippen molar-refractivity contribution in [1.29, 1.82) is 0 Å². The third kappa shape index (κ3) is 6.01. The smallest absolute Gasteiger partial charge is 0.191 e. The average molecular weight is 383 g/mol. The van der Waals surface area contributed by atoms with Gasteiger partial charge in [-0.1, -0.05) is 18.2 Å². The molecule has 1 aliphatic heterocycles. The van der Waals surface area contributed by atoms with Crippen LogP contribution in [-0.2, 0) is 6.54 Å². The predicted molar refractivity (Wildman–Crippen MR) is 117 cm³/mol. The zero-order valence-corrected chi connectivity index (χ0v) is 17.3. The fourth-order valence-corrected chi connectivity index (χ4v) is 3.71. The van der Waals surface area contributed by atoms with Crippen LogP contribution >= 0.6 is 0 Å². The molecule has 1 aromatic heterocycles. The van der Waals surface area contributed by atoms with E-state index in [1.54, 1.807) is 0 Å². The molecule has 152 valence electrons. The highest BCUT2D eigenvalue weighted by Gasteiger charge is 2.20. The first kappa shape index (κ1) is 20.2. The second-order valence-electron chi connectivity index (χ2n) is 7.40. The van der Waals surface area contributed by atoms with Crippen molar-refractivity contribution in [3.63, 3.8) is 0 Å². The van der Waals surface area contributed by atoms with Crippen LogP contribution in [0.15, 0.2) is 47.7 Å². The molecule has 1 saturated heterocycles. The molecule has 1 fully saturated rings. The highest BCUT2D eigenvalue weighted by molar-refractivity contribution is 5.80. The third-order valence-corrected chi connectivity index (χ3v) is 5.23. The summed E-state index contributed by atoms with van der Waals surface area (Å²) in [7, 11) is 0. The van der Waals surface area contributed by atoms with Crippen LogP contribution in [0.2, 0.25) is 0 Å². The number of aromatic nitrogens is 2. The maximum Gasteiger partial charge on any atom is 0.191 e. The Hall–Kier alpha value is -2.50. The second-order valence-corrected chi connectivity index (χ2v) is 7.40. The zero-order chi connectivity index (χ0) is 19.6. The lowest BCUT2D eigenvalue weighted by atomic mass is 10.1. The molecular formula is C22H34N6. The van der Waals surface area contributed by atoms with E-state index in [1.807, 2.05) is 19.3 Å². The molecule has 6 heteroatoms. The van der Waals surface area contributed by atoms with Crippen LogP contribution in [0, 0.1) is 6.92 Å². The molecule has 28 heavy (non-hydrogen) atoms. The predicted octanol–water partition coefficient (Wildman–Crippen LogP) is 3.20. The van der Waals surface area contributed by atoms with E-state index in [0.717, 1.165) is 57.3 Å². The lowest BCUT2D eigenvalue weighted by molar-refractivity contribution is 0.468. The number of para-hydroxylation sites is 1. The number of nitrogens with one attached hydrogen (secondary N) is 2. The number of hydrogen-bond donors (Lipinski definition) is 2. The van der Waals surface area contributed by atoms with E-state index >= 15 is 0 Å². The van der Waals surface area contributed by atoms with Crippen LogP contribution in [0.4, 0.5) is 5.69 Å². The quantitative estimate of drug-likeness (QED) is 0.418. The standard InChI is InChI=1S/C22H34N6/c1-3-23-22(25-13-7-8-15-27-17-14-24-19(27)2)26-20-10-9-16-28(18-20)21-11-5-4-6-12-21/h4-6,11-12,14,17,20H,3,7-10,13,15-16,18H2,1-2H3,(H2,23,25,26). The van der Waals surface area contributed by atoms with E-state index in [4.69, 9.17) is 4.99 Å². The summed E-state index contributed by atoms with van der Waals surface area (Å²) in [5, 5.41) is 7.06. The van der Waals surface area contributed by atoms with Crippen LogP contribution in [0.5, 0.6) is 0 Å². The molecule has 2 heterocycles. The second kappa shape index (κ2) is 10.7. The topological polar surface area (TPSA) is 57.5 Å². The summed E-state index contributed by atoms with van der Waals surface area (Å²) in [6, 6.07) is 11.1. The molecule has 0 spiro atoms. The minimum atomic E-state index is 0.431. The Kier molecular flexibility index (Phi) is 7.76. The number of aliphatic imine (C=N–C) groups is 1. The van der Waals surface area contributed by atoms with Gasteiger partial charge in [0.15, 0.2) is 5.96 Å². The lowest BCUT2D eigenvalue weighted by Crippen LogP contribution is -2.51. The van der Waals surface area contributed by atoms with Gasteiger partial charge < -0.3 is 20.1 Å². The number of rotatable bonds is 8. The average Bonchev–Trinajstić information content (AvgIpc) is 3.13. The first-order valence-electron chi connectivity index (χ1n) is 10.6. The summed E-state index contributed by atoms with van der Waals surface area (Å²) >= 11 is 0. The summed E-state index contributed by atoms with van der Waals surface area (Å²) in [5.74, 6) is 2.03. The van der Waals surface area contributed by atoms with Crippen molar-refractivity contribution in [2.75, 3.05) is 31.1 Å². The van der Waals surface area contributed by atoms with Gasteiger partial charge in [-0.15, -0.1) is 0 Å². The van der Waals surface area contributed by atoms with Gasteiger partial charge >= 0.3 is 0 Å². The zero-order valence-electron chi connectivity index (χ0n) is 17.3. The van der Waals surface area contributed by atoms with Gasteiger partial charge in [0.05, 0.1) is 0 Å². The molecule has 3 rings (SSSR count). The maximum absolute atomic E-state index is 4.80. The van der Waals surface area contributed by atoms with E-state index in [-0.39, 0.29) is 0 Å². The van der Waals surface area contributed by atoms with Crippen molar-refractivity contribution >= 4 is 11.6 Å². The highest BCUT2D eigenvalue weighted by Crippen LogP contribution is 2.19. The number of imidazole rings is 1. The van der Waals surface area contributed by atoms with Gasteiger partial charge in [-0.3, -0.25) is 4.99 Å². The molecule has 6 nitrogen and oxygen atoms in total. The van der Waals surface area contributed by atoms with Gasteiger partial charge in [0.2, 0.25) is 0 Å². The van der Waals surface area contributed by atoms with E-state index in [0.29, 0.717) is 6.04 Å². The number of guanidine groups is 1. The van der Waals surface area contributed by atoms with Crippen molar-refractivity contribution < 1.29 is 0 Å². The molecule has 2 aromatic rings. The van der Waals surface area contributed by atoms with E-state index < -0.39 is 0 Å². The molecule has 0 saturated carbocycles. The minimum Gasteiger partial charge on any atom is -0.369 e. The van der Waals surface area contributed by atoms with E-state index in [1.165, 1.54) is 18.5 Å². The SMILES string of the molecule is CCNC(=NCCCCn1ccnc1C)NC1CCCN(c2ccccc2)C1. The Bertz CT molecular complexity index is 724. The summed E-state index contributed by atoms with van der Waals surface area (Å²) in [6.45, 7) is 9.07. The number of aryl methyl sites for hydroxylation is 2. The van der Waals surface area contributed by atoms with Gasteiger partial charge in [0.1, 0.15) is 5.82 Å². The lowest BCUT2D eigenvalue weighted by Gasteiger charge is -2.35. The molecule has 2 N–H and O–H groups in total. The van der Waals surface area contributed by atoms with Gasteiger partial charge in [0, 0.05) is 56.8 Å². The summed E-state index contributed by atoms with van der Waals surface area (Å²) in [6.07, 6.45) is 8.50. The third-order valence-electron chi connectivity index (χ3n) is 5.23. The Morgan fingerprint density at radius 1 is 1.25 bits per heavy atom. The summed E-state index contributed by atoms with van der Waals surface area (Å²) < 4.78 is 2.20. The molecule has 0 amide bonds. The van der Waals surface area contributed by atoms with E-state index in [2.05, 4.69) is 62.3 Å². The Labute approximate surface area is 169 Å². The summed E-state index contributed by atoms with van der Waals surface area (Å²) in [4.78, 5) is 11.5. The molecular weight excluding hydrogens is 348 g/mol. The Balaban J connectivity index is 1.46. The van der Waals surface area contributed by atoms with Gasteiger partial charge in [0.25, 0.3) is 0 Å². The van der Waals surface area contributed by atoms with E-state index in [9.17, 15) is 0 Å². The number of hydrogen-bond acceptors (Lipinski definition) is 3.